The van der Waals surface area contributed by atoms with Crippen molar-refractivity contribution in [2.45, 2.75) is 50.7 Å². The van der Waals surface area contributed by atoms with E-state index in [4.69, 9.17) is 11.2 Å². The molecular weight excluding hydrogens is 332 g/mol. The lowest BCUT2D eigenvalue weighted by molar-refractivity contribution is 0.302. The van der Waals surface area contributed by atoms with Crippen LogP contribution < -0.4 is 15.4 Å². The van der Waals surface area contributed by atoms with E-state index in [1.54, 1.807) is 7.11 Å². The fourth-order valence-corrected chi connectivity index (χ4v) is 3.75. The highest BCUT2D eigenvalue weighted by molar-refractivity contribution is 5.42. The molecule has 0 spiro atoms. The van der Waals surface area contributed by atoms with Crippen molar-refractivity contribution in [2.24, 2.45) is 0 Å². The second-order valence-electron chi connectivity index (χ2n) is 7.77. The number of nitrogens with one attached hydrogen (secondary N) is 2. The molecule has 3 rings (SSSR count). The SMILES string of the molecule is C#CC(C)(C)c1ccc(OC)c(CN[C@H]2CCCN[C@H]2c2ccccc2)c1. The lowest BCUT2D eigenvalue weighted by atomic mass is 9.84. The van der Waals surface area contributed by atoms with Crippen molar-refractivity contribution in [1.82, 2.24) is 10.6 Å². The van der Waals surface area contributed by atoms with Gasteiger partial charge in [-0.1, -0.05) is 42.3 Å². The molecule has 1 fully saturated rings. The summed E-state index contributed by atoms with van der Waals surface area (Å²) in [5.74, 6) is 3.79. The Balaban J connectivity index is 1.78. The Bertz CT molecular complexity index is 792. The fraction of sp³-hybridized carbons (Fsp3) is 0.417. The Morgan fingerprint density at radius 2 is 2.00 bits per heavy atom. The molecule has 1 saturated heterocycles. The molecule has 142 valence electrons. The van der Waals surface area contributed by atoms with Crippen LogP contribution in [0.3, 0.4) is 0 Å². The van der Waals surface area contributed by atoms with Crippen LogP contribution >= 0.6 is 0 Å². The quantitative estimate of drug-likeness (QED) is 0.756. The van der Waals surface area contributed by atoms with Crippen LogP contribution in [-0.2, 0) is 12.0 Å². The highest BCUT2D eigenvalue weighted by Crippen LogP contribution is 2.29. The highest BCUT2D eigenvalue weighted by Gasteiger charge is 2.26. The third-order valence-corrected chi connectivity index (χ3v) is 5.53. The van der Waals surface area contributed by atoms with Crippen molar-refractivity contribution in [1.29, 1.82) is 0 Å². The second-order valence-corrected chi connectivity index (χ2v) is 7.77. The van der Waals surface area contributed by atoms with Gasteiger partial charge in [0.15, 0.2) is 0 Å². The van der Waals surface area contributed by atoms with Gasteiger partial charge in [-0.3, -0.25) is 0 Å². The van der Waals surface area contributed by atoms with Gasteiger partial charge in [-0.2, -0.15) is 0 Å². The molecule has 1 aliphatic heterocycles. The number of hydrogen-bond acceptors (Lipinski definition) is 3. The first-order valence-electron chi connectivity index (χ1n) is 9.72. The van der Waals surface area contributed by atoms with Crippen LogP contribution in [0.5, 0.6) is 5.75 Å². The van der Waals surface area contributed by atoms with Crippen LogP contribution in [0.15, 0.2) is 48.5 Å². The first-order valence-corrected chi connectivity index (χ1v) is 9.72. The van der Waals surface area contributed by atoms with Crippen molar-refractivity contribution in [2.75, 3.05) is 13.7 Å². The van der Waals surface area contributed by atoms with Crippen LogP contribution in [0.4, 0.5) is 0 Å². The summed E-state index contributed by atoms with van der Waals surface area (Å²) in [6.45, 7) is 5.96. The number of terminal acetylenes is 1. The van der Waals surface area contributed by atoms with Crippen molar-refractivity contribution in [3.63, 3.8) is 0 Å². The van der Waals surface area contributed by atoms with Gasteiger partial charge in [0.25, 0.3) is 0 Å². The van der Waals surface area contributed by atoms with E-state index in [0.29, 0.717) is 12.1 Å². The van der Waals surface area contributed by atoms with Crippen LogP contribution in [0.2, 0.25) is 0 Å². The number of benzene rings is 2. The molecule has 0 unspecified atom stereocenters. The van der Waals surface area contributed by atoms with E-state index >= 15 is 0 Å². The molecule has 2 N–H and O–H groups in total. The molecule has 27 heavy (non-hydrogen) atoms. The van der Waals surface area contributed by atoms with Gasteiger partial charge in [0.05, 0.1) is 12.5 Å². The van der Waals surface area contributed by atoms with Crippen molar-refractivity contribution >= 4 is 0 Å². The van der Waals surface area contributed by atoms with Gasteiger partial charge in [0, 0.05) is 24.2 Å². The molecule has 0 amide bonds. The molecule has 3 heteroatoms. The molecule has 0 radical (unpaired) electrons. The summed E-state index contributed by atoms with van der Waals surface area (Å²) in [7, 11) is 1.72. The third kappa shape index (κ3) is 4.53. The number of methoxy groups -OCH3 is 1. The van der Waals surface area contributed by atoms with Gasteiger partial charge in [-0.25, -0.2) is 0 Å². The van der Waals surface area contributed by atoms with Crippen molar-refractivity contribution < 1.29 is 4.74 Å². The number of piperidine rings is 1. The van der Waals surface area contributed by atoms with Crippen molar-refractivity contribution in [3.8, 4) is 18.1 Å². The summed E-state index contributed by atoms with van der Waals surface area (Å²) >= 11 is 0. The summed E-state index contributed by atoms with van der Waals surface area (Å²) < 4.78 is 5.59. The normalized spacial score (nSPS) is 20.1. The first-order chi connectivity index (χ1) is 13.0. The van der Waals surface area contributed by atoms with Crippen LogP contribution in [0, 0.1) is 12.3 Å². The van der Waals surface area contributed by atoms with Crippen LogP contribution in [0.1, 0.15) is 49.4 Å². The highest BCUT2D eigenvalue weighted by atomic mass is 16.5. The Morgan fingerprint density at radius 3 is 2.70 bits per heavy atom. The van der Waals surface area contributed by atoms with Crippen molar-refractivity contribution in [3.05, 3.63) is 65.2 Å². The first kappa shape index (κ1) is 19.5. The number of hydrogen-bond donors (Lipinski definition) is 2. The number of rotatable bonds is 6. The molecule has 0 saturated carbocycles. The van der Waals surface area contributed by atoms with Gasteiger partial charge in [0.1, 0.15) is 5.75 Å². The van der Waals surface area contributed by atoms with E-state index in [9.17, 15) is 0 Å². The molecule has 1 aliphatic rings. The monoisotopic (exact) mass is 362 g/mol. The standard InChI is InChI=1S/C24H30N2O/c1-5-24(2,3)20-13-14-22(27-4)19(16-20)17-26-21-12-9-15-25-23(21)18-10-7-6-8-11-18/h1,6-8,10-11,13-14,16,21,23,25-26H,9,12,15,17H2,2-4H3/t21-,23-/m0/s1. The third-order valence-electron chi connectivity index (χ3n) is 5.53. The minimum atomic E-state index is -0.292. The Hall–Kier alpha value is -2.28. The molecule has 0 aliphatic carbocycles. The predicted molar refractivity (Wildman–Crippen MR) is 112 cm³/mol. The zero-order valence-electron chi connectivity index (χ0n) is 16.6. The molecule has 1 heterocycles. The molecule has 2 aromatic carbocycles. The lowest BCUT2D eigenvalue weighted by Crippen LogP contribution is -2.45. The van der Waals surface area contributed by atoms with E-state index < -0.39 is 0 Å². The average Bonchev–Trinajstić information content (AvgIpc) is 2.72. The maximum Gasteiger partial charge on any atom is 0.123 e. The van der Waals surface area contributed by atoms with E-state index in [0.717, 1.165) is 36.4 Å². The smallest absolute Gasteiger partial charge is 0.123 e. The van der Waals surface area contributed by atoms with Gasteiger partial charge in [-0.05, 0) is 56.5 Å². The molecular formula is C24H30N2O. The van der Waals surface area contributed by atoms with Gasteiger partial charge < -0.3 is 15.4 Å². The summed E-state index contributed by atoms with van der Waals surface area (Å²) in [5.41, 5.74) is 3.34. The maximum absolute atomic E-state index is 5.73. The lowest BCUT2D eigenvalue weighted by Gasteiger charge is -2.34. The van der Waals surface area contributed by atoms with Gasteiger partial charge in [-0.15, -0.1) is 6.42 Å². The summed E-state index contributed by atoms with van der Waals surface area (Å²) in [4.78, 5) is 0. The minimum Gasteiger partial charge on any atom is -0.496 e. The maximum atomic E-state index is 5.73. The Labute approximate surface area is 163 Å². The van der Waals surface area contributed by atoms with E-state index in [1.165, 1.54) is 12.0 Å². The van der Waals surface area contributed by atoms with Crippen LogP contribution in [-0.4, -0.2) is 19.7 Å². The average molecular weight is 363 g/mol. The largest absolute Gasteiger partial charge is 0.496 e. The molecule has 0 bridgehead atoms. The Kier molecular flexibility index (Phi) is 6.21. The molecule has 3 nitrogen and oxygen atoms in total. The molecule has 2 atom stereocenters. The van der Waals surface area contributed by atoms with E-state index in [1.807, 2.05) is 6.07 Å². The second kappa shape index (κ2) is 8.61. The van der Waals surface area contributed by atoms with Gasteiger partial charge in [0.2, 0.25) is 0 Å². The van der Waals surface area contributed by atoms with Gasteiger partial charge >= 0.3 is 0 Å². The summed E-state index contributed by atoms with van der Waals surface area (Å²) in [5, 5.41) is 7.44. The summed E-state index contributed by atoms with van der Waals surface area (Å²) in [6.07, 6.45) is 8.07. The van der Waals surface area contributed by atoms with E-state index in [-0.39, 0.29) is 5.41 Å². The van der Waals surface area contributed by atoms with Crippen LogP contribution in [0.25, 0.3) is 0 Å². The predicted octanol–water partition coefficient (Wildman–Crippen LogP) is 4.19. The fourth-order valence-electron chi connectivity index (χ4n) is 3.75. The Morgan fingerprint density at radius 1 is 1.22 bits per heavy atom. The van der Waals surface area contributed by atoms with E-state index in [2.05, 4.69) is 72.9 Å². The topological polar surface area (TPSA) is 33.3 Å². The zero-order valence-corrected chi connectivity index (χ0v) is 16.6. The number of ether oxygens (including phenoxy) is 1. The molecule has 0 aromatic heterocycles. The zero-order chi connectivity index (χ0) is 19.3. The summed E-state index contributed by atoms with van der Waals surface area (Å²) in [6, 6.07) is 17.7. The minimum absolute atomic E-state index is 0.292. The molecule has 2 aromatic rings.